The Labute approximate surface area is 104 Å². The molecular formula is C13H25N3O. The lowest BCUT2D eigenvalue weighted by Gasteiger charge is -2.20. The minimum absolute atomic E-state index is 0.287. The highest BCUT2D eigenvalue weighted by Gasteiger charge is 2.11. The van der Waals surface area contributed by atoms with Gasteiger partial charge in [-0.25, -0.2) is 0 Å². The van der Waals surface area contributed by atoms with Crippen molar-refractivity contribution in [2.75, 3.05) is 20.1 Å². The number of hydrogen-bond acceptors (Lipinski definition) is 4. The third kappa shape index (κ3) is 4.48. The van der Waals surface area contributed by atoms with Crippen molar-refractivity contribution >= 4 is 0 Å². The van der Waals surface area contributed by atoms with Crippen LogP contribution in [-0.4, -0.2) is 36.2 Å². The van der Waals surface area contributed by atoms with Crippen molar-refractivity contribution < 1.29 is 4.52 Å². The van der Waals surface area contributed by atoms with E-state index in [1.165, 1.54) is 5.56 Å². The van der Waals surface area contributed by atoms with Gasteiger partial charge < -0.3 is 15.2 Å². The van der Waals surface area contributed by atoms with Crippen molar-refractivity contribution in [2.45, 2.75) is 46.1 Å². The zero-order valence-corrected chi connectivity index (χ0v) is 11.5. The van der Waals surface area contributed by atoms with Crippen LogP contribution >= 0.6 is 0 Å². The first-order valence-corrected chi connectivity index (χ1v) is 6.40. The van der Waals surface area contributed by atoms with Gasteiger partial charge in [0, 0.05) is 24.7 Å². The molecule has 2 N–H and O–H groups in total. The normalized spacial score (nSPS) is 13.3. The zero-order chi connectivity index (χ0) is 12.8. The van der Waals surface area contributed by atoms with E-state index in [4.69, 9.17) is 10.3 Å². The number of aryl methyl sites for hydroxylation is 2. The molecule has 0 fully saturated rings. The van der Waals surface area contributed by atoms with Gasteiger partial charge in [-0.3, -0.25) is 0 Å². The fraction of sp³-hybridized carbons (Fsp3) is 0.769. The standard InChI is InChI=1S/C13H25N3O/c1-5-6-12(14)9-16(4)8-7-13-10(2)15-17-11(13)3/h12H,5-9,14H2,1-4H3/t12-/m0/s1. The van der Waals surface area contributed by atoms with E-state index in [1.54, 1.807) is 0 Å². The van der Waals surface area contributed by atoms with E-state index in [-0.39, 0.29) is 6.04 Å². The summed E-state index contributed by atoms with van der Waals surface area (Å²) < 4.78 is 5.15. The first-order valence-electron chi connectivity index (χ1n) is 6.40. The number of rotatable bonds is 7. The van der Waals surface area contributed by atoms with E-state index in [0.717, 1.165) is 43.8 Å². The van der Waals surface area contributed by atoms with Crippen LogP contribution < -0.4 is 5.73 Å². The molecule has 0 aliphatic rings. The van der Waals surface area contributed by atoms with Crippen LogP contribution in [0, 0.1) is 13.8 Å². The van der Waals surface area contributed by atoms with Crippen molar-refractivity contribution in [3.8, 4) is 0 Å². The first kappa shape index (κ1) is 14.2. The fourth-order valence-electron chi connectivity index (χ4n) is 2.12. The van der Waals surface area contributed by atoms with Crippen molar-refractivity contribution in [1.29, 1.82) is 0 Å². The molecule has 4 nitrogen and oxygen atoms in total. The van der Waals surface area contributed by atoms with Gasteiger partial charge in [-0.05, 0) is 33.7 Å². The average Bonchev–Trinajstić information content (AvgIpc) is 2.56. The highest BCUT2D eigenvalue weighted by Crippen LogP contribution is 2.13. The van der Waals surface area contributed by atoms with Crippen molar-refractivity contribution in [2.24, 2.45) is 5.73 Å². The largest absolute Gasteiger partial charge is 0.361 e. The summed E-state index contributed by atoms with van der Waals surface area (Å²) in [6.07, 6.45) is 3.23. The van der Waals surface area contributed by atoms with Crippen LogP contribution in [0.4, 0.5) is 0 Å². The van der Waals surface area contributed by atoms with Gasteiger partial charge in [0.1, 0.15) is 5.76 Å². The van der Waals surface area contributed by atoms with Crippen LogP contribution in [0.3, 0.4) is 0 Å². The molecule has 0 aliphatic carbocycles. The molecule has 1 rings (SSSR count). The lowest BCUT2D eigenvalue weighted by atomic mass is 10.1. The van der Waals surface area contributed by atoms with E-state index in [1.807, 2.05) is 13.8 Å². The molecule has 1 atom stereocenters. The molecule has 0 amide bonds. The number of aromatic nitrogens is 1. The van der Waals surface area contributed by atoms with Crippen LogP contribution in [-0.2, 0) is 6.42 Å². The maximum absolute atomic E-state index is 6.02. The predicted octanol–water partition coefficient (Wildman–Crippen LogP) is 1.89. The Hall–Kier alpha value is -0.870. The molecule has 1 aromatic rings. The summed E-state index contributed by atoms with van der Waals surface area (Å²) in [5.41, 5.74) is 8.27. The second-order valence-electron chi connectivity index (χ2n) is 4.86. The smallest absolute Gasteiger partial charge is 0.137 e. The second kappa shape index (κ2) is 6.77. The molecule has 0 unspecified atom stereocenters. The van der Waals surface area contributed by atoms with E-state index in [0.29, 0.717) is 0 Å². The number of hydrogen-bond donors (Lipinski definition) is 1. The molecule has 4 heteroatoms. The van der Waals surface area contributed by atoms with Crippen molar-refractivity contribution in [1.82, 2.24) is 10.1 Å². The molecule has 0 saturated heterocycles. The molecule has 0 bridgehead atoms. The molecule has 98 valence electrons. The Bertz CT molecular complexity index is 316. The summed E-state index contributed by atoms with van der Waals surface area (Å²) in [6.45, 7) is 8.09. The summed E-state index contributed by atoms with van der Waals surface area (Å²) in [5.74, 6) is 0.939. The first-order chi connectivity index (χ1) is 8.04. The average molecular weight is 239 g/mol. The van der Waals surface area contributed by atoms with Crippen LogP contribution in [0.25, 0.3) is 0 Å². The van der Waals surface area contributed by atoms with E-state index < -0.39 is 0 Å². The molecule has 17 heavy (non-hydrogen) atoms. The molecule has 1 aromatic heterocycles. The minimum Gasteiger partial charge on any atom is -0.361 e. The van der Waals surface area contributed by atoms with Gasteiger partial charge in [0.25, 0.3) is 0 Å². The number of nitrogens with two attached hydrogens (primary N) is 1. The van der Waals surface area contributed by atoms with Gasteiger partial charge in [-0.15, -0.1) is 0 Å². The Morgan fingerprint density at radius 1 is 1.41 bits per heavy atom. The predicted molar refractivity (Wildman–Crippen MR) is 70.1 cm³/mol. The van der Waals surface area contributed by atoms with Crippen LogP contribution in [0.15, 0.2) is 4.52 Å². The van der Waals surface area contributed by atoms with E-state index in [2.05, 4.69) is 24.0 Å². The molecule has 0 aromatic carbocycles. The highest BCUT2D eigenvalue weighted by atomic mass is 16.5. The van der Waals surface area contributed by atoms with Gasteiger partial charge in [0.15, 0.2) is 0 Å². The number of nitrogens with zero attached hydrogens (tertiary/aromatic N) is 2. The fourth-order valence-corrected chi connectivity index (χ4v) is 2.12. The second-order valence-corrected chi connectivity index (χ2v) is 4.86. The monoisotopic (exact) mass is 239 g/mol. The molecule has 0 aliphatic heterocycles. The summed E-state index contributed by atoms with van der Waals surface area (Å²) in [6, 6.07) is 0.287. The van der Waals surface area contributed by atoms with Gasteiger partial charge in [0.2, 0.25) is 0 Å². The van der Waals surface area contributed by atoms with Crippen molar-refractivity contribution in [3.63, 3.8) is 0 Å². The zero-order valence-electron chi connectivity index (χ0n) is 11.5. The lowest BCUT2D eigenvalue weighted by molar-refractivity contribution is 0.306. The Morgan fingerprint density at radius 3 is 2.65 bits per heavy atom. The third-order valence-corrected chi connectivity index (χ3v) is 3.13. The SMILES string of the molecule is CCC[C@H](N)CN(C)CCc1c(C)noc1C. The molecule has 0 saturated carbocycles. The number of likely N-dealkylation sites (N-methyl/N-ethyl adjacent to an activating group) is 1. The minimum atomic E-state index is 0.287. The van der Waals surface area contributed by atoms with Gasteiger partial charge >= 0.3 is 0 Å². The lowest BCUT2D eigenvalue weighted by Crippen LogP contribution is -2.36. The van der Waals surface area contributed by atoms with Gasteiger partial charge in [-0.2, -0.15) is 0 Å². The highest BCUT2D eigenvalue weighted by molar-refractivity contribution is 5.20. The van der Waals surface area contributed by atoms with E-state index >= 15 is 0 Å². The summed E-state index contributed by atoms with van der Waals surface area (Å²) in [4.78, 5) is 2.28. The third-order valence-electron chi connectivity index (χ3n) is 3.13. The van der Waals surface area contributed by atoms with Gasteiger partial charge in [-0.1, -0.05) is 18.5 Å². The van der Waals surface area contributed by atoms with E-state index in [9.17, 15) is 0 Å². The summed E-state index contributed by atoms with van der Waals surface area (Å²) in [7, 11) is 2.12. The Kier molecular flexibility index (Phi) is 5.65. The Balaban J connectivity index is 2.35. The summed E-state index contributed by atoms with van der Waals surface area (Å²) in [5, 5.41) is 3.97. The van der Waals surface area contributed by atoms with Crippen LogP contribution in [0.2, 0.25) is 0 Å². The quantitative estimate of drug-likeness (QED) is 0.789. The van der Waals surface area contributed by atoms with Crippen molar-refractivity contribution in [3.05, 3.63) is 17.0 Å². The molecule has 1 heterocycles. The van der Waals surface area contributed by atoms with Gasteiger partial charge in [0.05, 0.1) is 5.69 Å². The molecule has 0 radical (unpaired) electrons. The molecular weight excluding hydrogens is 214 g/mol. The maximum atomic E-state index is 6.02. The maximum Gasteiger partial charge on any atom is 0.137 e. The summed E-state index contributed by atoms with van der Waals surface area (Å²) >= 11 is 0. The van der Waals surface area contributed by atoms with Crippen LogP contribution in [0.5, 0.6) is 0 Å². The molecule has 0 spiro atoms. The van der Waals surface area contributed by atoms with Crippen LogP contribution in [0.1, 0.15) is 36.8 Å². The topological polar surface area (TPSA) is 55.3 Å². The Morgan fingerprint density at radius 2 is 2.12 bits per heavy atom.